The summed E-state index contributed by atoms with van der Waals surface area (Å²) in [6.45, 7) is 0.0975. The highest BCUT2D eigenvalue weighted by Gasteiger charge is 2.25. The van der Waals surface area contributed by atoms with Crippen LogP contribution in [0.15, 0.2) is 40.6 Å². The van der Waals surface area contributed by atoms with Crippen molar-refractivity contribution in [2.75, 3.05) is 5.43 Å². The van der Waals surface area contributed by atoms with Crippen LogP contribution in [0.2, 0.25) is 0 Å². The second-order valence-electron chi connectivity index (χ2n) is 3.99. The number of rotatable bonds is 6. The summed E-state index contributed by atoms with van der Waals surface area (Å²) in [5.74, 6) is 5.15. The Hall–Kier alpha value is -2.01. The predicted octanol–water partition coefficient (Wildman–Crippen LogP) is 1.42. The average molecular weight is 328 g/mol. The van der Waals surface area contributed by atoms with Gasteiger partial charge in [0.25, 0.3) is 10.0 Å². The van der Waals surface area contributed by atoms with Crippen LogP contribution in [0, 0.1) is 10.1 Å². The lowest BCUT2D eigenvalue weighted by molar-refractivity contribution is -0.383. The third-order valence-electron chi connectivity index (χ3n) is 2.59. The average Bonchev–Trinajstić information content (AvgIpc) is 2.92. The van der Waals surface area contributed by atoms with Gasteiger partial charge in [-0.3, -0.25) is 10.1 Å². The maximum absolute atomic E-state index is 12.1. The van der Waals surface area contributed by atoms with Gasteiger partial charge in [0.2, 0.25) is 0 Å². The van der Waals surface area contributed by atoms with Crippen LogP contribution in [0.25, 0.3) is 0 Å². The molecular formula is C11H12N4O4S2. The Morgan fingerprint density at radius 3 is 2.48 bits per heavy atom. The molecule has 8 nitrogen and oxygen atoms in total. The molecule has 0 atom stereocenters. The van der Waals surface area contributed by atoms with Crippen molar-refractivity contribution in [1.29, 1.82) is 0 Å². The van der Waals surface area contributed by atoms with E-state index in [4.69, 9.17) is 5.84 Å². The molecule has 0 radical (unpaired) electrons. The molecule has 2 rings (SSSR count). The minimum absolute atomic E-state index is 0.0138. The molecule has 1 aromatic carbocycles. The van der Waals surface area contributed by atoms with Crippen LogP contribution in [0.1, 0.15) is 5.56 Å². The molecule has 0 saturated carbocycles. The zero-order chi connectivity index (χ0) is 15.5. The first kappa shape index (κ1) is 15.4. The second-order valence-corrected chi connectivity index (χ2v) is 7.04. The van der Waals surface area contributed by atoms with Crippen LogP contribution in [-0.4, -0.2) is 13.3 Å². The minimum atomic E-state index is -3.84. The van der Waals surface area contributed by atoms with Crippen molar-refractivity contribution in [3.63, 3.8) is 0 Å². The van der Waals surface area contributed by atoms with Crippen LogP contribution in [-0.2, 0) is 16.6 Å². The first-order valence-electron chi connectivity index (χ1n) is 5.72. The highest BCUT2D eigenvalue weighted by Crippen LogP contribution is 2.36. The number of nitrogen functional groups attached to an aromatic ring is 1. The number of sulfonamides is 1. The summed E-state index contributed by atoms with van der Waals surface area (Å²) in [6, 6.07) is 9.91. The molecule has 1 heterocycles. The van der Waals surface area contributed by atoms with Crippen molar-refractivity contribution in [1.82, 2.24) is 4.72 Å². The van der Waals surface area contributed by atoms with E-state index in [0.29, 0.717) is 11.3 Å². The number of hydrogen-bond acceptors (Lipinski definition) is 7. The zero-order valence-corrected chi connectivity index (χ0v) is 12.3. The van der Waals surface area contributed by atoms with E-state index < -0.39 is 14.9 Å². The van der Waals surface area contributed by atoms with Crippen LogP contribution in [0.4, 0.5) is 10.7 Å². The Kier molecular flexibility index (Phi) is 4.53. The molecule has 0 unspecified atom stereocenters. The van der Waals surface area contributed by atoms with Crippen molar-refractivity contribution in [3.05, 3.63) is 52.1 Å². The molecule has 10 heteroatoms. The highest BCUT2D eigenvalue weighted by atomic mass is 32.2. The van der Waals surface area contributed by atoms with Crippen LogP contribution in [0.3, 0.4) is 0 Å². The van der Waals surface area contributed by atoms with E-state index in [9.17, 15) is 18.5 Å². The smallest absolute Gasteiger partial charge is 0.306 e. The number of nitrogens with two attached hydrogens (primary N) is 1. The van der Waals surface area contributed by atoms with E-state index in [-0.39, 0.29) is 21.4 Å². The fourth-order valence-corrected chi connectivity index (χ4v) is 3.88. The molecule has 0 aliphatic heterocycles. The van der Waals surface area contributed by atoms with E-state index in [2.05, 4.69) is 10.1 Å². The van der Waals surface area contributed by atoms with E-state index >= 15 is 0 Å². The lowest BCUT2D eigenvalue weighted by Gasteiger charge is -2.04. The van der Waals surface area contributed by atoms with Crippen LogP contribution < -0.4 is 16.0 Å². The van der Waals surface area contributed by atoms with Gasteiger partial charge in [-0.15, -0.1) is 0 Å². The highest BCUT2D eigenvalue weighted by molar-refractivity contribution is 7.91. The van der Waals surface area contributed by atoms with Crippen molar-refractivity contribution >= 4 is 32.0 Å². The number of nitrogens with one attached hydrogen (secondary N) is 2. The summed E-state index contributed by atoms with van der Waals surface area (Å²) >= 11 is 0.702. The van der Waals surface area contributed by atoms with Gasteiger partial charge in [-0.05, 0) is 5.56 Å². The number of hydrazine groups is 1. The Morgan fingerprint density at radius 2 is 1.95 bits per heavy atom. The van der Waals surface area contributed by atoms with Gasteiger partial charge < -0.3 is 5.43 Å². The second kappa shape index (κ2) is 6.18. The molecule has 21 heavy (non-hydrogen) atoms. The quantitative estimate of drug-likeness (QED) is 0.418. The van der Waals surface area contributed by atoms with Gasteiger partial charge >= 0.3 is 5.69 Å². The first-order valence-corrected chi connectivity index (χ1v) is 8.02. The molecule has 0 aliphatic carbocycles. The molecule has 1 aromatic heterocycles. The lowest BCUT2D eigenvalue weighted by Crippen LogP contribution is -2.22. The Labute approximate surface area is 124 Å². The van der Waals surface area contributed by atoms with Crippen LogP contribution >= 0.6 is 11.3 Å². The van der Waals surface area contributed by atoms with E-state index in [1.165, 1.54) is 0 Å². The molecule has 0 bridgehead atoms. The number of nitro groups is 1. The summed E-state index contributed by atoms with van der Waals surface area (Å²) in [5.41, 5.74) is 2.54. The molecular weight excluding hydrogens is 316 g/mol. The third-order valence-corrected chi connectivity index (χ3v) is 5.52. The standard InChI is InChI=1S/C11H12N4O4S2/c12-14-11-9(15(16)17)6-10(20-11)21(18,19)13-7-8-4-2-1-3-5-8/h1-6,13-14H,7,12H2. The number of thiophene rings is 1. The van der Waals surface area contributed by atoms with Gasteiger partial charge in [-0.2, -0.15) is 0 Å². The van der Waals surface area contributed by atoms with Gasteiger partial charge in [0.15, 0.2) is 5.00 Å². The number of anilines is 1. The largest absolute Gasteiger partial charge is 0.310 e. The van der Waals surface area contributed by atoms with Gasteiger partial charge in [-0.25, -0.2) is 19.0 Å². The van der Waals surface area contributed by atoms with Gasteiger partial charge in [0.05, 0.1) is 4.92 Å². The van der Waals surface area contributed by atoms with Gasteiger partial charge in [-0.1, -0.05) is 41.7 Å². The van der Waals surface area contributed by atoms with Crippen molar-refractivity contribution in [2.24, 2.45) is 5.84 Å². The number of benzene rings is 1. The van der Waals surface area contributed by atoms with Crippen molar-refractivity contribution in [2.45, 2.75) is 10.8 Å². The maximum Gasteiger partial charge on any atom is 0.306 e. The fourth-order valence-electron chi connectivity index (χ4n) is 1.58. The summed E-state index contributed by atoms with van der Waals surface area (Å²) in [6.07, 6.45) is 0. The zero-order valence-electron chi connectivity index (χ0n) is 10.6. The number of hydrogen-bond donors (Lipinski definition) is 3. The summed E-state index contributed by atoms with van der Waals surface area (Å²) in [4.78, 5) is 10.1. The molecule has 0 fully saturated rings. The van der Waals surface area contributed by atoms with E-state index in [0.717, 1.165) is 11.6 Å². The monoisotopic (exact) mass is 328 g/mol. The predicted molar refractivity (Wildman–Crippen MR) is 79.3 cm³/mol. The van der Waals surface area contributed by atoms with Crippen molar-refractivity contribution in [3.8, 4) is 0 Å². The van der Waals surface area contributed by atoms with E-state index in [1.54, 1.807) is 24.3 Å². The first-order chi connectivity index (χ1) is 9.94. The summed E-state index contributed by atoms with van der Waals surface area (Å²) < 4.78 is 26.5. The molecule has 0 saturated heterocycles. The molecule has 112 valence electrons. The Morgan fingerprint density at radius 1 is 1.29 bits per heavy atom. The Bertz CT molecular complexity index is 743. The Balaban J connectivity index is 2.22. The minimum Gasteiger partial charge on any atom is -0.310 e. The fraction of sp³-hybridized carbons (Fsp3) is 0.0909. The lowest BCUT2D eigenvalue weighted by atomic mass is 10.2. The maximum atomic E-state index is 12.1. The van der Waals surface area contributed by atoms with Crippen molar-refractivity contribution < 1.29 is 13.3 Å². The molecule has 4 N–H and O–H groups in total. The SMILES string of the molecule is NNc1sc(S(=O)(=O)NCc2ccccc2)cc1[N+](=O)[O-]. The number of nitrogens with zero attached hydrogens (tertiary/aromatic N) is 1. The topological polar surface area (TPSA) is 127 Å². The third kappa shape index (κ3) is 3.55. The molecule has 0 spiro atoms. The normalized spacial score (nSPS) is 11.3. The summed E-state index contributed by atoms with van der Waals surface area (Å²) in [7, 11) is -3.84. The van der Waals surface area contributed by atoms with Gasteiger partial charge in [0, 0.05) is 12.6 Å². The molecule has 0 amide bonds. The van der Waals surface area contributed by atoms with Gasteiger partial charge in [0.1, 0.15) is 4.21 Å². The molecule has 0 aliphatic rings. The van der Waals surface area contributed by atoms with E-state index in [1.807, 2.05) is 6.07 Å². The summed E-state index contributed by atoms with van der Waals surface area (Å²) in [5, 5.41) is 10.8. The molecule has 2 aromatic rings. The van der Waals surface area contributed by atoms with Crippen LogP contribution in [0.5, 0.6) is 0 Å².